The molecule has 19 heavy (non-hydrogen) atoms. The molecule has 0 atom stereocenters. The molecule has 0 aliphatic carbocycles. The van der Waals surface area contributed by atoms with Crippen molar-refractivity contribution >= 4 is 13.8 Å². The molecule has 0 fully saturated rings. The highest BCUT2D eigenvalue weighted by Crippen LogP contribution is 2.24. The topological polar surface area (TPSA) is 52.3 Å². The molecule has 4 heteroatoms. The SMILES string of the molecule is BCCOc1cccc(-c2ccc(C(N)=O)cc2)c1. The van der Waals surface area contributed by atoms with Crippen LogP contribution in [-0.2, 0) is 0 Å². The lowest BCUT2D eigenvalue weighted by Crippen LogP contribution is -2.10. The zero-order chi connectivity index (χ0) is 13.7. The summed E-state index contributed by atoms with van der Waals surface area (Å²) < 4.78 is 5.61. The monoisotopic (exact) mass is 253 g/mol. The van der Waals surface area contributed by atoms with E-state index in [0.717, 1.165) is 23.2 Å². The van der Waals surface area contributed by atoms with Crippen LogP contribution >= 0.6 is 0 Å². The first-order valence-electron chi connectivity index (χ1n) is 6.34. The maximum atomic E-state index is 11.0. The highest BCUT2D eigenvalue weighted by molar-refractivity contribution is 6.08. The maximum Gasteiger partial charge on any atom is 0.248 e. The standard InChI is InChI=1S/C15H16BNO2/c16-8-9-19-14-3-1-2-13(10-14)11-4-6-12(7-5-11)15(17)18/h1-7,10H,8-9,16H2,(H2,17,18). The second kappa shape index (κ2) is 6.09. The minimum absolute atomic E-state index is 0.411. The van der Waals surface area contributed by atoms with Gasteiger partial charge in [-0.1, -0.05) is 24.3 Å². The minimum atomic E-state index is -0.411. The lowest BCUT2D eigenvalue weighted by atomic mass is 10.0. The number of hydrogen-bond acceptors (Lipinski definition) is 2. The third-order valence-electron chi connectivity index (χ3n) is 2.81. The molecule has 0 saturated carbocycles. The summed E-state index contributed by atoms with van der Waals surface area (Å²) in [7, 11) is 2.08. The Morgan fingerprint density at radius 1 is 1.11 bits per heavy atom. The summed E-state index contributed by atoms with van der Waals surface area (Å²) >= 11 is 0. The first-order valence-corrected chi connectivity index (χ1v) is 6.34. The van der Waals surface area contributed by atoms with Gasteiger partial charge in [0.2, 0.25) is 5.91 Å². The van der Waals surface area contributed by atoms with Gasteiger partial charge in [0.25, 0.3) is 0 Å². The number of carbonyl (C=O) groups is 1. The number of rotatable bonds is 5. The highest BCUT2D eigenvalue weighted by atomic mass is 16.5. The van der Waals surface area contributed by atoms with Crippen molar-refractivity contribution < 1.29 is 9.53 Å². The fourth-order valence-corrected chi connectivity index (χ4v) is 1.81. The van der Waals surface area contributed by atoms with E-state index >= 15 is 0 Å². The summed E-state index contributed by atoms with van der Waals surface area (Å²) in [5.74, 6) is 0.449. The molecule has 0 saturated heterocycles. The maximum absolute atomic E-state index is 11.0. The number of amides is 1. The molecule has 2 aromatic rings. The molecule has 3 nitrogen and oxygen atoms in total. The predicted molar refractivity (Wildman–Crippen MR) is 79.2 cm³/mol. The van der Waals surface area contributed by atoms with E-state index in [1.54, 1.807) is 12.1 Å². The van der Waals surface area contributed by atoms with Crippen molar-refractivity contribution in [3.63, 3.8) is 0 Å². The van der Waals surface area contributed by atoms with E-state index in [2.05, 4.69) is 7.85 Å². The molecule has 0 aliphatic rings. The van der Waals surface area contributed by atoms with Crippen LogP contribution in [-0.4, -0.2) is 20.4 Å². The van der Waals surface area contributed by atoms with Crippen molar-refractivity contribution in [2.75, 3.05) is 6.61 Å². The number of benzene rings is 2. The number of primary amides is 1. The molecule has 96 valence electrons. The molecular formula is C15H16BNO2. The molecule has 0 unspecified atom stereocenters. The molecule has 2 rings (SSSR count). The Balaban J connectivity index is 2.23. The zero-order valence-corrected chi connectivity index (χ0v) is 10.9. The van der Waals surface area contributed by atoms with Crippen LogP contribution in [0.3, 0.4) is 0 Å². The predicted octanol–water partition coefficient (Wildman–Crippen LogP) is 1.88. The summed E-state index contributed by atoms with van der Waals surface area (Å²) in [6.45, 7) is 0.712. The van der Waals surface area contributed by atoms with Crippen molar-refractivity contribution in [1.29, 1.82) is 0 Å². The molecule has 0 aromatic heterocycles. The van der Waals surface area contributed by atoms with Gasteiger partial charge in [-0.2, -0.15) is 0 Å². The Labute approximate surface area is 113 Å². The third kappa shape index (κ3) is 3.38. The normalized spacial score (nSPS) is 10.1. The van der Waals surface area contributed by atoms with Gasteiger partial charge in [0.05, 0.1) is 6.61 Å². The Morgan fingerprint density at radius 3 is 2.47 bits per heavy atom. The second-order valence-electron chi connectivity index (χ2n) is 4.32. The first kappa shape index (κ1) is 13.2. The molecular weight excluding hydrogens is 237 g/mol. The summed E-state index contributed by atoms with van der Waals surface area (Å²) in [5, 5.41) is 0. The number of nitrogens with two attached hydrogens (primary N) is 1. The molecule has 1 amide bonds. The highest BCUT2D eigenvalue weighted by Gasteiger charge is 2.03. The van der Waals surface area contributed by atoms with Gasteiger partial charge in [0.15, 0.2) is 0 Å². The van der Waals surface area contributed by atoms with Crippen molar-refractivity contribution in [2.24, 2.45) is 5.73 Å². The van der Waals surface area contributed by atoms with Crippen LogP contribution in [0.15, 0.2) is 48.5 Å². The minimum Gasteiger partial charge on any atom is -0.494 e. The van der Waals surface area contributed by atoms with Crippen LogP contribution in [0.5, 0.6) is 5.75 Å². The van der Waals surface area contributed by atoms with Crippen LogP contribution in [0, 0.1) is 0 Å². The Morgan fingerprint density at radius 2 is 1.84 bits per heavy atom. The van der Waals surface area contributed by atoms with E-state index in [1.165, 1.54) is 0 Å². The number of ether oxygens (including phenoxy) is 1. The summed E-state index contributed by atoms with van der Waals surface area (Å²) in [6, 6.07) is 15.2. The fraction of sp³-hybridized carbons (Fsp3) is 0.133. The average molecular weight is 253 g/mol. The Bertz CT molecular complexity index is 567. The van der Waals surface area contributed by atoms with Crippen LogP contribution in [0.2, 0.25) is 6.32 Å². The molecule has 0 aliphatic heterocycles. The van der Waals surface area contributed by atoms with Gasteiger partial charge in [-0.15, -0.1) is 0 Å². The van der Waals surface area contributed by atoms with Gasteiger partial charge < -0.3 is 10.5 Å². The van der Waals surface area contributed by atoms with E-state index < -0.39 is 5.91 Å². The quantitative estimate of drug-likeness (QED) is 0.827. The van der Waals surface area contributed by atoms with Crippen molar-refractivity contribution in [1.82, 2.24) is 0 Å². The van der Waals surface area contributed by atoms with E-state index in [0.29, 0.717) is 12.2 Å². The Kier molecular flexibility index (Phi) is 4.24. The van der Waals surface area contributed by atoms with Gasteiger partial charge in [-0.3, -0.25) is 4.79 Å². The Hall–Kier alpha value is -2.23. The smallest absolute Gasteiger partial charge is 0.248 e. The molecule has 0 heterocycles. The fourth-order valence-electron chi connectivity index (χ4n) is 1.81. The number of carbonyl (C=O) groups excluding carboxylic acids is 1. The molecule has 0 bridgehead atoms. The lowest BCUT2D eigenvalue weighted by molar-refractivity contribution is 0.100. The van der Waals surface area contributed by atoms with Crippen molar-refractivity contribution in [3.05, 3.63) is 54.1 Å². The molecule has 0 radical (unpaired) electrons. The van der Waals surface area contributed by atoms with E-state index in [-0.39, 0.29) is 0 Å². The first-order chi connectivity index (χ1) is 9.20. The summed E-state index contributed by atoms with van der Waals surface area (Å²) in [6.07, 6.45) is 0.984. The van der Waals surface area contributed by atoms with Gasteiger partial charge in [0, 0.05) is 5.56 Å². The molecule has 2 N–H and O–H groups in total. The van der Waals surface area contributed by atoms with Gasteiger partial charge >= 0.3 is 0 Å². The van der Waals surface area contributed by atoms with Crippen LogP contribution in [0.1, 0.15) is 10.4 Å². The van der Waals surface area contributed by atoms with E-state index in [9.17, 15) is 4.79 Å². The van der Waals surface area contributed by atoms with Crippen molar-refractivity contribution in [2.45, 2.75) is 6.32 Å². The van der Waals surface area contributed by atoms with Crippen LogP contribution in [0.4, 0.5) is 0 Å². The largest absolute Gasteiger partial charge is 0.494 e. The van der Waals surface area contributed by atoms with Crippen molar-refractivity contribution in [3.8, 4) is 16.9 Å². The second-order valence-corrected chi connectivity index (χ2v) is 4.32. The van der Waals surface area contributed by atoms with E-state index in [1.807, 2.05) is 36.4 Å². The van der Waals surface area contributed by atoms with Gasteiger partial charge in [-0.25, -0.2) is 0 Å². The summed E-state index contributed by atoms with van der Waals surface area (Å²) in [4.78, 5) is 11.0. The average Bonchev–Trinajstić information content (AvgIpc) is 2.45. The van der Waals surface area contributed by atoms with Crippen LogP contribution in [0.25, 0.3) is 11.1 Å². The lowest BCUT2D eigenvalue weighted by Gasteiger charge is -2.07. The summed E-state index contributed by atoms with van der Waals surface area (Å²) in [5.41, 5.74) is 7.83. The van der Waals surface area contributed by atoms with Crippen LogP contribution < -0.4 is 10.5 Å². The third-order valence-corrected chi connectivity index (χ3v) is 2.81. The van der Waals surface area contributed by atoms with Gasteiger partial charge in [-0.05, 0) is 41.7 Å². The van der Waals surface area contributed by atoms with Gasteiger partial charge in [0.1, 0.15) is 13.6 Å². The number of hydrogen-bond donors (Lipinski definition) is 1. The van der Waals surface area contributed by atoms with E-state index in [4.69, 9.17) is 10.5 Å². The molecule has 2 aromatic carbocycles. The molecule has 0 spiro atoms. The zero-order valence-electron chi connectivity index (χ0n) is 10.9.